The Balaban J connectivity index is 1.44. The van der Waals surface area contributed by atoms with Crippen molar-refractivity contribution < 1.29 is 13.2 Å². The summed E-state index contributed by atoms with van der Waals surface area (Å²) in [4.78, 5) is 25.0. The van der Waals surface area contributed by atoms with Gasteiger partial charge in [-0.2, -0.15) is 0 Å². The fourth-order valence-electron chi connectivity index (χ4n) is 4.78. The van der Waals surface area contributed by atoms with E-state index in [4.69, 9.17) is 0 Å². The first-order valence-electron chi connectivity index (χ1n) is 9.40. The number of likely N-dealkylation sites (N-methyl/N-ethyl adjacent to an activating group) is 1. The molecule has 3 aliphatic heterocycles. The first kappa shape index (κ1) is 17.7. The summed E-state index contributed by atoms with van der Waals surface area (Å²) in [6.45, 7) is 5.58. The van der Waals surface area contributed by atoms with Gasteiger partial charge in [0.05, 0.1) is 23.3 Å². The number of aromatic nitrogens is 2. The number of nitrogens with one attached hydrogen (secondary N) is 1. The van der Waals surface area contributed by atoms with Crippen molar-refractivity contribution in [3.05, 3.63) is 29.2 Å². The maximum Gasteiger partial charge on any atom is 0.223 e. The van der Waals surface area contributed by atoms with Gasteiger partial charge in [0, 0.05) is 49.5 Å². The average molecular weight is 378 g/mol. The van der Waals surface area contributed by atoms with E-state index in [-0.39, 0.29) is 29.5 Å². The molecule has 0 radical (unpaired) electrons. The van der Waals surface area contributed by atoms with E-state index in [1.807, 2.05) is 4.90 Å². The standard InChI is InChI=1S/C18H26N4O3S/c1-2-22-7-3-15-17(20-13-19-15)18(22)5-8-21(9-6-18)16(23)11-14-4-10-26(24,25)12-14/h4,10,13-14H,2-3,5-9,11-12H2,1H3,(H,19,20)/t14-/m0/s1. The summed E-state index contributed by atoms with van der Waals surface area (Å²) >= 11 is 0. The summed E-state index contributed by atoms with van der Waals surface area (Å²) < 4.78 is 23.1. The molecule has 1 spiro atoms. The fourth-order valence-corrected chi connectivity index (χ4v) is 6.18. The lowest BCUT2D eigenvalue weighted by atomic mass is 9.78. The molecule has 0 saturated carbocycles. The third kappa shape index (κ3) is 2.99. The molecule has 1 aromatic heterocycles. The Labute approximate surface area is 154 Å². The molecule has 1 N–H and O–H groups in total. The zero-order chi connectivity index (χ0) is 18.4. The first-order valence-corrected chi connectivity index (χ1v) is 11.1. The Morgan fingerprint density at radius 2 is 2.12 bits per heavy atom. The first-order chi connectivity index (χ1) is 12.4. The number of hydrogen-bond donors (Lipinski definition) is 1. The largest absolute Gasteiger partial charge is 0.348 e. The van der Waals surface area contributed by atoms with Crippen LogP contribution in [0.4, 0.5) is 0 Å². The highest BCUT2D eigenvalue weighted by Gasteiger charge is 2.46. The summed E-state index contributed by atoms with van der Waals surface area (Å²) in [6, 6.07) is 0. The lowest BCUT2D eigenvalue weighted by Gasteiger charge is -2.50. The molecule has 4 rings (SSSR count). The minimum atomic E-state index is -3.10. The second-order valence-electron chi connectivity index (χ2n) is 7.59. The number of carbonyl (C=O) groups is 1. The van der Waals surface area contributed by atoms with E-state index in [1.165, 1.54) is 11.1 Å². The van der Waals surface area contributed by atoms with Gasteiger partial charge in [0.1, 0.15) is 0 Å². The second-order valence-corrected chi connectivity index (χ2v) is 9.53. The number of nitrogens with zero attached hydrogens (tertiary/aromatic N) is 3. The monoisotopic (exact) mass is 378 g/mol. The van der Waals surface area contributed by atoms with Crippen molar-refractivity contribution in [3.8, 4) is 0 Å². The Bertz CT molecular complexity index is 821. The molecule has 8 heteroatoms. The molecule has 1 atom stereocenters. The zero-order valence-electron chi connectivity index (χ0n) is 15.1. The van der Waals surface area contributed by atoms with Crippen molar-refractivity contribution in [2.24, 2.45) is 5.92 Å². The topological polar surface area (TPSA) is 86.4 Å². The van der Waals surface area contributed by atoms with Gasteiger partial charge in [-0.15, -0.1) is 0 Å². The molecule has 7 nitrogen and oxygen atoms in total. The number of allylic oxidation sites excluding steroid dienone is 1. The predicted octanol–water partition coefficient (Wildman–Crippen LogP) is 1.05. The van der Waals surface area contributed by atoms with Crippen molar-refractivity contribution in [1.82, 2.24) is 19.8 Å². The van der Waals surface area contributed by atoms with Gasteiger partial charge in [0.2, 0.25) is 5.91 Å². The Morgan fingerprint density at radius 1 is 1.35 bits per heavy atom. The maximum absolute atomic E-state index is 12.6. The van der Waals surface area contributed by atoms with Crippen molar-refractivity contribution >= 4 is 15.7 Å². The molecule has 4 heterocycles. The third-order valence-corrected chi connectivity index (χ3v) is 7.63. The van der Waals surface area contributed by atoms with E-state index in [1.54, 1.807) is 12.4 Å². The molecular formula is C18H26N4O3S. The van der Waals surface area contributed by atoms with Gasteiger partial charge in [0.15, 0.2) is 9.84 Å². The number of H-pyrrole nitrogens is 1. The number of fused-ring (bicyclic) bond motifs is 2. The van der Waals surface area contributed by atoms with Crippen LogP contribution < -0.4 is 0 Å². The van der Waals surface area contributed by atoms with Gasteiger partial charge in [0.25, 0.3) is 0 Å². The van der Waals surface area contributed by atoms with Crippen LogP contribution >= 0.6 is 0 Å². The number of piperidine rings is 1. The smallest absolute Gasteiger partial charge is 0.223 e. The van der Waals surface area contributed by atoms with E-state index in [0.717, 1.165) is 38.0 Å². The fraction of sp³-hybridized carbons (Fsp3) is 0.667. The van der Waals surface area contributed by atoms with E-state index < -0.39 is 9.84 Å². The summed E-state index contributed by atoms with van der Waals surface area (Å²) in [7, 11) is -3.10. The van der Waals surface area contributed by atoms with Crippen LogP contribution in [-0.4, -0.2) is 66.0 Å². The maximum atomic E-state index is 12.6. The number of amides is 1. The van der Waals surface area contributed by atoms with Gasteiger partial charge >= 0.3 is 0 Å². The van der Waals surface area contributed by atoms with Gasteiger partial charge < -0.3 is 9.88 Å². The van der Waals surface area contributed by atoms with Gasteiger partial charge in [-0.1, -0.05) is 13.0 Å². The number of aromatic amines is 1. The summed E-state index contributed by atoms with van der Waals surface area (Å²) in [5.41, 5.74) is 2.31. The zero-order valence-corrected chi connectivity index (χ0v) is 16.0. The van der Waals surface area contributed by atoms with Crippen LogP contribution in [0, 0.1) is 5.92 Å². The molecule has 1 amide bonds. The molecule has 1 fully saturated rings. The summed E-state index contributed by atoms with van der Waals surface area (Å²) in [5, 5.41) is 1.25. The van der Waals surface area contributed by atoms with Crippen molar-refractivity contribution in [2.45, 2.75) is 38.1 Å². The molecule has 1 aromatic rings. The molecule has 0 aliphatic carbocycles. The van der Waals surface area contributed by atoms with Gasteiger partial charge in [-0.05, 0) is 19.4 Å². The minimum Gasteiger partial charge on any atom is -0.348 e. The molecule has 142 valence electrons. The summed E-state index contributed by atoms with van der Waals surface area (Å²) in [5.74, 6) is -0.0487. The molecule has 0 unspecified atom stereocenters. The van der Waals surface area contributed by atoms with E-state index >= 15 is 0 Å². The van der Waals surface area contributed by atoms with Crippen LogP contribution in [-0.2, 0) is 26.6 Å². The van der Waals surface area contributed by atoms with Crippen LogP contribution in [0.15, 0.2) is 17.8 Å². The van der Waals surface area contributed by atoms with Crippen LogP contribution in [0.5, 0.6) is 0 Å². The Hall–Kier alpha value is -1.67. The van der Waals surface area contributed by atoms with Crippen LogP contribution in [0.2, 0.25) is 0 Å². The van der Waals surface area contributed by atoms with Crippen LogP contribution in [0.3, 0.4) is 0 Å². The Morgan fingerprint density at radius 3 is 2.77 bits per heavy atom. The van der Waals surface area contributed by atoms with Crippen LogP contribution in [0.25, 0.3) is 0 Å². The molecule has 26 heavy (non-hydrogen) atoms. The lowest BCUT2D eigenvalue weighted by Crippen LogP contribution is -2.57. The second kappa shape index (κ2) is 6.49. The van der Waals surface area contributed by atoms with Crippen molar-refractivity contribution in [3.63, 3.8) is 0 Å². The van der Waals surface area contributed by atoms with Crippen LogP contribution in [0.1, 0.15) is 37.6 Å². The number of imidazole rings is 1. The molecule has 1 saturated heterocycles. The van der Waals surface area contributed by atoms with E-state index in [0.29, 0.717) is 13.1 Å². The number of likely N-dealkylation sites (tertiary alicyclic amines) is 1. The number of hydrogen-bond acceptors (Lipinski definition) is 5. The SMILES string of the molecule is CCN1CCc2[nH]cnc2C12CCN(C(=O)C[C@@H]1C=CS(=O)(=O)C1)CC2. The molecule has 3 aliphatic rings. The molecular weight excluding hydrogens is 352 g/mol. The quantitative estimate of drug-likeness (QED) is 0.850. The third-order valence-electron chi connectivity index (χ3n) is 6.16. The average Bonchev–Trinajstić information content (AvgIpc) is 3.22. The van der Waals surface area contributed by atoms with Crippen molar-refractivity contribution in [1.29, 1.82) is 0 Å². The number of sulfone groups is 1. The van der Waals surface area contributed by atoms with E-state index in [2.05, 4.69) is 21.8 Å². The normalized spacial score (nSPS) is 27.0. The van der Waals surface area contributed by atoms with Crippen molar-refractivity contribution in [2.75, 3.05) is 31.9 Å². The number of rotatable bonds is 3. The van der Waals surface area contributed by atoms with E-state index in [9.17, 15) is 13.2 Å². The van der Waals surface area contributed by atoms with Gasteiger partial charge in [-0.3, -0.25) is 9.69 Å². The highest BCUT2D eigenvalue weighted by molar-refractivity contribution is 7.94. The highest BCUT2D eigenvalue weighted by Crippen LogP contribution is 2.42. The predicted molar refractivity (Wildman–Crippen MR) is 98.1 cm³/mol. The lowest BCUT2D eigenvalue weighted by molar-refractivity contribution is -0.135. The Kier molecular flexibility index (Phi) is 4.43. The number of carbonyl (C=O) groups excluding carboxylic acids is 1. The summed E-state index contributed by atoms with van der Waals surface area (Å²) in [6.07, 6.45) is 6.49. The van der Waals surface area contributed by atoms with Gasteiger partial charge in [-0.25, -0.2) is 13.4 Å². The highest BCUT2D eigenvalue weighted by atomic mass is 32.2. The molecule has 0 aromatic carbocycles. The molecule has 0 bridgehead atoms. The minimum absolute atomic E-state index is 0.0627.